The fourth-order valence-corrected chi connectivity index (χ4v) is 4.46. The molecular formula is C26H26F3N3O2. The molecule has 178 valence electrons. The predicted octanol–water partition coefficient (Wildman–Crippen LogP) is 5.47. The van der Waals surface area contributed by atoms with Crippen LogP contribution in [0.4, 0.5) is 24.5 Å². The lowest BCUT2D eigenvalue weighted by Gasteiger charge is -2.29. The summed E-state index contributed by atoms with van der Waals surface area (Å²) in [5, 5.41) is 12.9. The molecule has 0 radical (unpaired) electrons. The maximum Gasteiger partial charge on any atom is 0.393 e. The molecule has 0 aliphatic carbocycles. The third-order valence-electron chi connectivity index (χ3n) is 6.24. The van der Waals surface area contributed by atoms with E-state index in [1.807, 2.05) is 18.0 Å². The van der Waals surface area contributed by atoms with Crippen LogP contribution in [0.1, 0.15) is 45.1 Å². The number of alkyl halides is 3. The Hall–Kier alpha value is -3.39. The summed E-state index contributed by atoms with van der Waals surface area (Å²) in [6.45, 7) is 0.815. The molecule has 1 atom stereocenters. The number of halogens is 3. The standard InChI is InChI=1S/C26H26F3N3O2/c1-32(20-5-2-17(3-6-20)15-26(27,28)29)21-7-8-22-18(14-21)10-13-31-24(22)9-4-19-16-30-12-11-23(19)25(33)34/h2-3,5-8,11-12,14,16,24,31H,4,9-10,13,15H2,1H3,(H,33,34)/t24-/m0/s1. The SMILES string of the molecule is CN(c1ccc(CC(F)(F)F)cc1)c1ccc2c(c1)CCN[C@H]2CCc1cnccc1C(=O)O. The first-order chi connectivity index (χ1) is 16.2. The number of aryl methyl sites for hydroxylation is 1. The molecule has 0 unspecified atom stereocenters. The van der Waals surface area contributed by atoms with Crippen LogP contribution in [0.15, 0.2) is 60.9 Å². The minimum absolute atomic E-state index is 0.103. The van der Waals surface area contributed by atoms with E-state index in [1.165, 1.54) is 35.5 Å². The van der Waals surface area contributed by atoms with E-state index in [9.17, 15) is 23.1 Å². The molecule has 1 aliphatic heterocycles. The van der Waals surface area contributed by atoms with Crippen LogP contribution in [-0.2, 0) is 19.3 Å². The molecule has 1 aromatic heterocycles. The van der Waals surface area contributed by atoms with Crippen LogP contribution < -0.4 is 10.2 Å². The van der Waals surface area contributed by atoms with E-state index in [0.717, 1.165) is 30.8 Å². The number of aromatic nitrogens is 1. The molecule has 0 bridgehead atoms. The first-order valence-electron chi connectivity index (χ1n) is 11.1. The van der Waals surface area contributed by atoms with Crippen molar-refractivity contribution in [2.24, 2.45) is 0 Å². The van der Waals surface area contributed by atoms with Crippen molar-refractivity contribution in [3.05, 3.63) is 88.7 Å². The second-order valence-electron chi connectivity index (χ2n) is 8.53. The lowest BCUT2D eigenvalue weighted by atomic mass is 9.89. The van der Waals surface area contributed by atoms with E-state index >= 15 is 0 Å². The topological polar surface area (TPSA) is 65.5 Å². The Morgan fingerprint density at radius 2 is 1.88 bits per heavy atom. The minimum atomic E-state index is -4.22. The molecule has 0 fully saturated rings. The van der Waals surface area contributed by atoms with Crippen molar-refractivity contribution in [2.75, 3.05) is 18.5 Å². The third kappa shape index (κ3) is 5.56. The van der Waals surface area contributed by atoms with Gasteiger partial charge in [-0.25, -0.2) is 4.79 Å². The summed E-state index contributed by atoms with van der Waals surface area (Å²) in [5.41, 5.74) is 5.41. The molecule has 5 nitrogen and oxygen atoms in total. The molecule has 2 N–H and O–H groups in total. The van der Waals surface area contributed by atoms with E-state index in [2.05, 4.69) is 22.4 Å². The summed E-state index contributed by atoms with van der Waals surface area (Å²) < 4.78 is 37.9. The number of fused-ring (bicyclic) bond motifs is 1. The lowest BCUT2D eigenvalue weighted by Crippen LogP contribution is -2.30. The number of nitrogens with one attached hydrogen (secondary N) is 1. The molecule has 2 aromatic carbocycles. The van der Waals surface area contributed by atoms with Gasteiger partial charge < -0.3 is 15.3 Å². The zero-order valence-electron chi connectivity index (χ0n) is 18.8. The van der Waals surface area contributed by atoms with Crippen LogP contribution in [0, 0.1) is 0 Å². The van der Waals surface area contributed by atoms with Gasteiger partial charge in [0.2, 0.25) is 0 Å². The van der Waals surface area contributed by atoms with Gasteiger partial charge in [0.15, 0.2) is 0 Å². The molecule has 8 heteroatoms. The Kier molecular flexibility index (Phi) is 6.88. The van der Waals surface area contributed by atoms with E-state index in [-0.39, 0.29) is 17.2 Å². The number of benzene rings is 2. The summed E-state index contributed by atoms with van der Waals surface area (Å²) in [6.07, 6.45) is 0.160. The zero-order chi connectivity index (χ0) is 24.3. The summed E-state index contributed by atoms with van der Waals surface area (Å²) >= 11 is 0. The van der Waals surface area contributed by atoms with Gasteiger partial charge in [-0.15, -0.1) is 0 Å². The number of anilines is 2. The monoisotopic (exact) mass is 469 g/mol. The number of aromatic carboxylic acids is 1. The Morgan fingerprint density at radius 3 is 2.59 bits per heavy atom. The number of carboxylic acid groups (broad SMARTS) is 1. The van der Waals surface area contributed by atoms with Crippen LogP contribution >= 0.6 is 0 Å². The average Bonchev–Trinajstić information content (AvgIpc) is 2.81. The van der Waals surface area contributed by atoms with Crippen molar-refractivity contribution in [1.29, 1.82) is 0 Å². The predicted molar refractivity (Wildman–Crippen MR) is 125 cm³/mol. The highest BCUT2D eigenvalue weighted by molar-refractivity contribution is 5.89. The van der Waals surface area contributed by atoms with Crippen LogP contribution in [0.2, 0.25) is 0 Å². The van der Waals surface area contributed by atoms with Crippen molar-refractivity contribution in [3.63, 3.8) is 0 Å². The maximum absolute atomic E-state index is 12.6. The van der Waals surface area contributed by atoms with E-state index < -0.39 is 18.6 Å². The van der Waals surface area contributed by atoms with Gasteiger partial charge >= 0.3 is 12.1 Å². The Bertz CT molecular complexity index is 1160. The van der Waals surface area contributed by atoms with Gasteiger partial charge in [-0.05, 0) is 78.4 Å². The average molecular weight is 470 g/mol. The van der Waals surface area contributed by atoms with E-state index in [1.54, 1.807) is 18.3 Å². The van der Waals surface area contributed by atoms with Crippen molar-refractivity contribution < 1.29 is 23.1 Å². The van der Waals surface area contributed by atoms with Gasteiger partial charge in [0.1, 0.15) is 0 Å². The van der Waals surface area contributed by atoms with Crippen LogP contribution in [0.5, 0.6) is 0 Å². The Balaban J connectivity index is 1.48. The van der Waals surface area contributed by atoms with Gasteiger partial charge in [-0.3, -0.25) is 4.98 Å². The molecule has 2 heterocycles. The number of pyridine rings is 1. The fraction of sp³-hybridized carbons (Fsp3) is 0.308. The molecule has 0 spiro atoms. The molecule has 0 amide bonds. The third-order valence-corrected chi connectivity index (χ3v) is 6.24. The molecule has 4 rings (SSSR count). The summed E-state index contributed by atoms with van der Waals surface area (Å²) in [6, 6.07) is 14.3. The lowest BCUT2D eigenvalue weighted by molar-refractivity contribution is -0.127. The van der Waals surface area contributed by atoms with Crippen LogP contribution in [0.3, 0.4) is 0 Å². The first kappa shape index (κ1) is 23.8. The highest BCUT2D eigenvalue weighted by Gasteiger charge is 2.27. The highest BCUT2D eigenvalue weighted by atomic mass is 19.4. The number of hydrogen-bond acceptors (Lipinski definition) is 4. The largest absolute Gasteiger partial charge is 0.478 e. The van der Waals surface area contributed by atoms with Crippen molar-refractivity contribution in [1.82, 2.24) is 10.3 Å². The highest BCUT2D eigenvalue weighted by Crippen LogP contribution is 2.33. The van der Waals surface area contributed by atoms with Gasteiger partial charge in [0.25, 0.3) is 0 Å². The number of carboxylic acids is 1. The zero-order valence-corrected chi connectivity index (χ0v) is 18.8. The Morgan fingerprint density at radius 1 is 1.15 bits per heavy atom. The fourth-order valence-electron chi connectivity index (χ4n) is 4.46. The first-order valence-corrected chi connectivity index (χ1v) is 11.1. The Labute approximate surface area is 196 Å². The molecule has 0 saturated heterocycles. The number of hydrogen-bond donors (Lipinski definition) is 2. The van der Waals surface area contributed by atoms with Crippen molar-refractivity contribution in [2.45, 2.75) is 37.9 Å². The molecule has 3 aromatic rings. The van der Waals surface area contributed by atoms with Crippen LogP contribution in [-0.4, -0.2) is 35.8 Å². The maximum atomic E-state index is 12.6. The second kappa shape index (κ2) is 9.85. The molecule has 1 aliphatic rings. The van der Waals surface area contributed by atoms with Gasteiger partial charge in [0.05, 0.1) is 12.0 Å². The van der Waals surface area contributed by atoms with Gasteiger partial charge in [-0.1, -0.05) is 18.2 Å². The molecular weight excluding hydrogens is 443 g/mol. The molecule has 34 heavy (non-hydrogen) atoms. The van der Waals surface area contributed by atoms with Crippen molar-refractivity contribution in [3.8, 4) is 0 Å². The summed E-state index contributed by atoms with van der Waals surface area (Å²) in [7, 11) is 1.90. The normalized spacial score (nSPS) is 15.6. The quantitative estimate of drug-likeness (QED) is 0.480. The summed E-state index contributed by atoms with van der Waals surface area (Å²) in [5.74, 6) is -0.950. The smallest absolute Gasteiger partial charge is 0.393 e. The molecule has 0 saturated carbocycles. The minimum Gasteiger partial charge on any atom is -0.478 e. The second-order valence-corrected chi connectivity index (χ2v) is 8.53. The number of nitrogens with zero attached hydrogens (tertiary/aromatic N) is 2. The van der Waals surface area contributed by atoms with E-state index in [0.29, 0.717) is 12.0 Å². The van der Waals surface area contributed by atoms with Gasteiger partial charge in [-0.2, -0.15) is 13.2 Å². The van der Waals surface area contributed by atoms with Crippen molar-refractivity contribution >= 4 is 17.3 Å². The van der Waals surface area contributed by atoms with Crippen LogP contribution in [0.25, 0.3) is 0 Å². The van der Waals surface area contributed by atoms with Gasteiger partial charge in [0, 0.05) is 36.9 Å². The summed E-state index contributed by atoms with van der Waals surface area (Å²) in [4.78, 5) is 17.5. The number of carbonyl (C=O) groups is 1. The number of rotatable bonds is 7. The van der Waals surface area contributed by atoms with E-state index in [4.69, 9.17) is 0 Å².